The molecule has 1 aromatic heterocycles. The zero-order chi connectivity index (χ0) is 27.9. The third-order valence-electron chi connectivity index (χ3n) is 6.93. The predicted octanol–water partition coefficient (Wildman–Crippen LogP) is 4.51. The lowest BCUT2D eigenvalue weighted by Crippen LogP contribution is -2.52. The summed E-state index contributed by atoms with van der Waals surface area (Å²) in [5, 5.41) is 7.12. The van der Waals surface area contributed by atoms with Crippen LogP contribution in [0.15, 0.2) is 48.7 Å². The van der Waals surface area contributed by atoms with Gasteiger partial charge in [-0.25, -0.2) is 4.79 Å². The van der Waals surface area contributed by atoms with E-state index in [1.165, 1.54) is 0 Å². The summed E-state index contributed by atoms with van der Waals surface area (Å²) in [7, 11) is 0. The van der Waals surface area contributed by atoms with Crippen molar-refractivity contribution in [3.8, 4) is 5.75 Å². The fourth-order valence-electron chi connectivity index (χ4n) is 4.92. The van der Waals surface area contributed by atoms with E-state index in [9.17, 15) is 22.8 Å². The average molecular weight is 536 g/mol. The Morgan fingerprint density at radius 2 is 1.68 bits per heavy atom. The number of carbonyl (C=O) groups excluding carboxylic acids is 2. The van der Waals surface area contributed by atoms with E-state index in [2.05, 4.69) is 11.1 Å². The van der Waals surface area contributed by atoms with Gasteiger partial charge in [0.1, 0.15) is 17.0 Å². The number of alkyl halides is 3. The molecule has 11 heteroatoms. The number of carboxylic acids is 1. The maximum absolute atomic E-state index is 12.9. The summed E-state index contributed by atoms with van der Waals surface area (Å²) in [6, 6.07) is 13.5. The van der Waals surface area contributed by atoms with E-state index in [0.29, 0.717) is 25.2 Å². The van der Waals surface area contributed by atoms with Crippen LogP contribution in [0.1, 0.15) is 61.5 Å². The molecule has 206 valence electrons. The third kappa shape index (κ3) is 7.02. The molecule has 0 radical (unpaired) electrons. The van der Waals surface area contributed by atoms with Crippen LogP contribution in [-0.2, 0) is 9.59 Å². The first kappa shape index (κ1) is 28.9. The molecule has 38 heavy (non-hydrogen) atoms. The van der Waals surface area contributed by atoms with Crippen LogP contribution in [0.3, 0.4) is 0 Å². The van der Waals surface area contributed by atoms with Gasteiger partial charge in [-0.1, -0.05) is 24.3 Å². The molecule has 1 atom stereocenters. The zero-order valence-electron chi connectivity index (χ0n) is 21.4. The first-order chi connectivity index (χ1) is 18.0. The summed E-state index contributed by atoms with van der Waals surface area (Å²) in [6.07, 6.45) is -0.605. The maximum atomic E-state index is 12.9. The number of aromatic nitrogens is 1. The normalized spacial score (nSPS) is 17.9. The molecule has 2 aromatic rings. The molecule has 1 saturated heterocycles. The monoisotopic (exact) mass is 535 g/mol. The van der Waals surface area contributed by atoms with E-state index < -0.39 is 12.1 Å². The molecule has 2 amide bonds. The number of carbonyl (C=O) groups is 3. The lowest BCUT2D eigenvalue weighted by Gasteiger charge is -2.47. The van der Waals surface area contributed by atoms with Gasteiger partial charge in [0, 0.05) is 57.6 Å². The van der Waals surface area contributed by atoms with Crippen molar-refractivity contribution in [3.05, 3.63) is 59.9 Å². The Balaban J connectivity index is 0.000000505. The molecule has 1 fully saturated rings. The SMILES string of the molecule is CCN(CC)C(=O)CC1CC2(CCN(C(=O)c3ccccn3)CC2)Oc2ccccc21.O=C(O)C(F)(F)F. The minimum Gasteiger partial charge on any atom is -0.487 e. The molecule has 0 saturated carbocycles. The number of nitrogens with zero attached hydrogens (tertiary/aromatic N) is 3. The second-order valence-electron chi connectivity index (χ2n) is 9.30. The van der Waals surface area contributed by atoms with Crippen LogP contribution in [-0.4, -0.2) is 75.6 Å². The molecule has 4 rings (SSSR count). The predicted molar refractivity (Wildman–Crippen MR) is 133 cm³/mol. The van der Waals surface area contributed by atoms with E-state index >= 15 is 0 Å². The van der Waals surface area contributed by atoms with E-state index in [4.69, 9.17) is 14.6 Å². The van der Waals surface area contributed by atoms with Gasteiger partial charge in [0.05, 0.1) is 0 Å². The van der Waals surface area contributed by atoms with Gasteiger partial charge in [-0.05, 0) is 44.0 Å². The Kier molecular flexibility index (Phi) is 9.35. The molecule has 1 spiro atoms. The van der Waals surface area contributed by atoms with Gasteiger partial charge in [0.25, 0.3) is 5.91 Å². The Hall–Kier alpha value is -3.63. The van der Waals surface area contributed by atoms with Crippen LogP contribution in [0.5, 0.6) is 5.75 Å². The molecule has 2 aliphatic rings. The summed E-state index contributed by atoms with van der Waals surface area (Å²) in [5.41, 5.74) is 1.28. The molecule has 1 N–H and O–H groups in total. The van der Waals surface area contributed by atoms with Crippen LogP contribution in [0.4, 0.5) is 13.2 Å². The largest absolute Gasteiger partial charge is 0.490 e. The quantitative estimate of drug-likeness (QED) is 0.605. The minimum atomic E-state index is -5.08. The first-order valence-electron chi connectivity index (χ1n) is 12.6. The number of para-hydroxylation sites is 1. The number of fused-ring (bicyclic) bond motifs is 1. The molecule has 1 unspecified atom stereocenters. The number of likely N-dealkylation sites (tertiary alicyclic amines) is 1. The number of amides is 2. The topological polar surface area (TPSA) is 100 Å². The molecule has 2 aliphatic heterocycles. The van der Waals surface area contributed by atoms with E-state index in [0.717, 1.165) is 43.7 Å². The zero-order valence-corrected chi connectivity index (χ0v) is 21.4. The lowest BCUT2D eigenvalue weighted by molar-refractivity contribution is -0.192. The van der Waals surface area contributed by atoms with Gasteiger partial charge in [-0.3, -0.25) is 14.6 Å². The number of carboxylic acid groups (broad SMARTS) is 1. The van der Waals surface area contributed by atoms with Gasteiger partial charge >= 0.3 is 12.1 Å². The molecule has 0 aliphatic carbocycles. The number of halogens is 3. The first-order valence-corrected chi connectivity index (χ1v) is 12.6. The van der Waals surface area contributed by atoms with E-state index in [-0.39, 0.29) is 23.3 Å². The minimum absolute atomic E-state index is 0.0279. The number of piperidine rings is 1. The standard InChI is InChI=1S/C25H31N3O3.C2HF3O2/c1-3-27(4-2)23(29)17-19-18-25(31-22-11-6-5-9-20(19)22)12-15-28(16-13-25)24(30)21-10-7-8-14-26-21;3-2(4,5)1(6)7/h5-11,14,19H,3-4,12-13,15-18H2,1-2H3;(H,6,7). The third-order valence-corrected chi connectivity index (χ3v) is 6.93. The number of hydrogen-bond acceptors (Lipinski definition) is 5. The van der Waals surface area contributed by atoms with Gasteiger partial charge in [-0.15, -0.1) is 0 Å². The van der Waals surface area contributed by atoms with Crippen molar-refractivity contribution in [1.29, 1.82) is 0 Å². The highest BCUT2D eigenvalue weighted by Gasteiger charge is 2.44. The smallest absolute Gasteiger partial charge is 0.487 e. The van der Waals surface area contributed by atoms with Crippen molar-refractivity contribution >= 4 is 17.8 Å². The lowest BCUT2D eigenvalue weighted by atomic mass is 9.76. The van der Waals surface area contributed by atoms with Crippen molar-refractivity contribution in [1.82, 2.24) is 14.8 Å². The number of ether oxygens (including phenoxy) is 1. The Morgan fingerprint density at radius 1 is 1.08 bits per heavy atom. The van der Waals surface area contributed by atoms with Crippen molar-refractivity contribution in [2.75, 3.05) is 26.2 Å². The molecule has 8 nitrogen and oxygen atoms in total. The highest BCUT2D eigenvalue weighted by Crippen LogP contribution is 2.46. The highest BCUT2D eigenvalue weighted by molar-refractivity contribution is 5.92. The second kappa shape index (κ2) is 12.3. The van der Waals surface area contributed by atoms with Crippen LogP contribution in [0.2, 0.25) is 0 Å². The average Bonchev–Trinajstić information content (AvgIpc) is 2.90. The molecule has 1 aromatic carbocycles. The van der Waals surface area contributed by atoms with Gasteiger partial charge < -0.3 is 19.6 Å². The Labute approximate surface area is 219 Å². The van der Waals surface area contributed by atoms with Gasteiger partial charge in [0.2, 0.25) is 5.91 Å². The van der Waals surface area contributed by atoms with Crippen LogP contribution >= 0.6 is 0 Å². The molecule has 3 heterocycles. The van der Waals surface area contributed by atoms with Crippen LogP contribution in [0.25, 0.3) is 0 Å². The summed E-state index contributed by atoms with van der Waals surface area (Å²) >= 11 is 0. The maximum Gasteiger partial charge on any atom is 0.490 e. The van der Waals surface area contributed by atoms with Crippen molar-refractivity contribution in [2.24, 2.45) is 0 Å². The van der Waals surface area contributed by atoms with Crippen molar-refractivity contribution in [2.45, 2.75) is 57.2 Å². The Bertz CT molecular complexity index is 1110. The summed E-state index contributed by atoms with van der Waals surface area (Å²) in [4.78, 5) is 42.5. The fraction of sp³-hybridized carbons (Fsp3) is 0.481. The Morgan fingerprint density at radius 3 is 2.24 bits per heavy atom. The summed E-state index contributed by atoms with van der Waals surface area (Å²) in [5.74, 6) is -1.57. The summed E-state index contributed by atoms with van der Waals surface area (Å²) < 4.78 is 38.3. The number of pyridine rings is 1. The van der Waals surface area contributed by atoms with E-state index in [1.54, 1.807) is 12.3 Å². The highest BCUT2D eigenvalue weighted by atomic mass is 19.4. The van der Waals surface area contributed by atoms with Gasteiger partial charge in [-0.2, -0.15) is 13.2 Å². The van der Waals surface area contributed by atoms with Crippen LogP contribution in [0, 0.1) is 0 Å². The second-order valence-corrected chi connectivity index (χ2v) is 9.30. The van der Waals surface area contributed by atoms with E-state index in [1.807, 2.05) is 54.0 Å². The molecular formula is C27H32F3N3O5. The number of benzene rings is 1. The van der Waals surface area contributed by atoms with Gasteiger partial charge in [0.15, 0.2) is 0 Å². The van der Waals surface area contributed by atoms with Crippen molar-refractivity contribution in [3.63, 3.8) is 0 Å². The fourth-order valence-corrected chi connectivity index (χ4v) is 4.92. The van der Waals surface area contributed by atoms with Crippen LogP contribution < -0.4 is 4.74 Å². The molecular weight excluding hydrogens is 503 g/mol. The number of hydrogen-bond donors (Lipinski definition) is 1. The molecule has 0 bridgehead atoms. The summed E-state index contributed by atoms with van der Waals surface area (Å²) in [6.45, 7) is 6.78. The van der Waals surface area contributed by atoms with Crippen molar-refractivity contribution < 1.29 is 37.4 Å². The number of aliphatic carboxylic acids is 1. The number of rotatable bonds is 5.